The molecule has 1 atom stereocenters. The molecule has 0 bridgehead atoms. The average molecular weight is 339 g/mol. The molecular formula is C16H23BrN2O. The van der Waals surface area contributed by atoms with E-state index in [1.165, 1.54) is 11.1 Å². The van der Waals surface area contributed by atoms with Gasteiger partial charge in [0.1, 0.15) is 5.60 Å². The summed E-state index contributed by atoms with van der Waals surface area (Å²) in [4.78, 5) is 2.17. The standard InChI is InChI=1S/C16H23BrN2O/c1-11(20-16(2,3)4)19-8-7-15(18)14-6-5-13(17)9-12(14)10-19/h5-6,9,15H,1,7-8,10,18H2,2-4H3. The molecular weight excluding hydrogens is 316 g/mol. The zero-order chi connectivity index (χ0) is 14.9. The van der Waals surface area contributed by atoms with E-state index in [-0.39, 0.29) is 11.6 Å². The molecule has 0 aromatic heterocycles. The summed E-state index contributed by atoms with van der Waals surface area (Å²) in [6.07, 6.45) is 0.904. The number of halogens is 1. The maximum absolute atomic E-state index is 6.27. The van der Waals surface area contributed by atoms with E-state index in [9.17, 15) is 0 Å². The molecule has 1 unspecified atom stereocenters. The molecule has 0 aliphatic carbocycles. The number of hydrogen-bond acceptors (Lipinski definition) is 3. The summed E-state index contributed by atoms with van der Waals surface area (Å²) in [5, 5.41) is 0. The lowest BCUT2D eigenvalue weighted by Gasteiger charge is -2.31. The average Bonchev–Trinajstić information content (AvgIpc) is 2.46. The Morgan fingerprint density at radius 3 is 2.80 bits per heavy atom. The molecule has 4 heteroatoms. The minimum Gasteiger partial charge on any atom is -0.474 e. The van der Waals surface area contributed by atoms with E-state index < -0.39 is 0 Å². The summed E-state index contributed by atoms with van der Waals surface area (Å²) in [6.45, 7) is 11.8. The van der Waals surface area contributed by atoms with Crippen LogP contribution in [0.1, 0.15) is 44.4 Å². The Balaban J connectivity index is 2.22. The molecule has 0 saturated heterocycles. The van der Waals surface area contributed by atoms with Crippen molar-refractivity contribution in [2.24, 2.45) is 5.73 Å². The van der Waals surface area contributed by atoms with Crippen molar-refractivity contribution in [3.63, 3.8) is 0 Å². The van der Waals surface area contributed by atoms with E-state index in [0.29, 0.717) is 0 Å². The fourth-order valence-electron chi connectivity index (χ4n) is 2.44. The van der Waals surface area contributed by atoms with Gasteiger partial charge in [-0.25, -0.2) is 0 Å². The molecule has 1 aromatic rings. The first-order valence-corrected chi connectivity index (χ1v) is 7.72. The van der Waals surface area contributed by atoms with Crippen molar-refractivity contribution in [1.29, 1.82) is 0 Å². The molecule has 1 aliphatic heterocycles. The Kier molecular flexibility index (Phi) is 4.45. The van der Waals surface area contributed by atoms with Crippen LogP contribution in [-0.2, 0) is 11.3 Å². The highest BCUT2D eigenvalue weighted by atomic mass is 79.9. The second-order valence-corrected chi connectivity index (χ2v) is 7.18. The van der Waals surface area contributed by atoms with E-state index in [2.05, 4.69) is 45.6 Å². The maximum Gasteiger partial charge on any atom is 0.182 e. The van der Waals surface area contributed by atoms with Crippen LogP contribution in [0.15, 0.2) is 35.1 Å². The van der Waals surface area contributed by atoms with Gasteiger partial charge in [0.15, 0.2) is 5.88 Å². The van der Waals surface area contributed by atoms with Crippen molar-refractivity contribution in [1.82, 2.24) is 4.90 Å². The number of ether oxygens (including phenoxy) is 1. The van der Waals surface area contributed by atoms with Crippen LogP contribution in [0, 0.1) is 0 Å². The second kappa shape index (κ2) is 5.78. The molecule has 20 heavy (non-hydrogen) atoms. The SMILES string of the molecule is C=C(OC(C)(C)C)N1CCC(N)c2ccc(Br)cc2C1. The highest BCUT2D eigenvalue weighted by Gasteiger charge is 2.23. The van der Waals surface area contributed by atoms with Crippen LogP contribution in [0.25, 0.3) is 0 Å². The first kappa shape index (κ1) is 15.4. The van der Waals surface area contributed by atoms with Gasteiger partial charge < -0.3 is 15.4 Å². The van der Waals surface area contributed by atoms with Gasteiger partial charge in [0.2, 0.25) is 0 Å². The third-order valence-corrected chi connectivity index (χ3v) is 3.85. The van der Waals surface area contributed by atoms with Gasteiger partial charge in [0.05, 0.1) is 0 Å². The van der Waals surface area contributed by atoms with Crippen LogP contribution in [0.3, 0.4) is 0 Å². The predicted molar refractivity (Wildman–Crippen MR) is 86.1 cm³/mol. The summed E-state index contributed by atoms with van der Waals surface area (Å²) in [5.74, 6) is 0.720. The first-order valence-electron chi connectivity index (χ1n) is 6.93. The molecule has 0 saturated carbocycles. The van der Waals surface area contributed by atoms with Gasteiger partial charge in [-0.05, 0) is 57.0 Å². The highest BCUT2D eigenvalue weighted by Crippen LogP contribution is 2.29. The van der Waals surface area contributed by atoms with Crippen LogP contribution in [-0.4, -0.2) is 17.0 Å². The minimum atomic E-state index is -0.231. The second-order valence-electron chi connectivity index (χ2n) is 6.27. The van der Waals surface area contributed by atoms with Crippen LogP contribution in [0.5, 0.6) is 0 Å². The quantitative estimate of drug-likeness (QED) is 0.830. The summed E-state index contributed by atoms with van der Waals surface area (Å²) < 4.78 is 6.97. The van der Waals surface area contributed by atoms with Crippen LogP contribution in [0.4, 0.5) is 0 Å². The van der Waals surface area contributed by atoms with Crippen molar-refractivity contribution >= 4 is 15.9 Å². The molecule has 110 valence electrons. The lowest BCUT2D eigenvalue weighted by atomic mass is 10.0. The van der Waals surface area contributed by atoms with Crippen molar-refractivity contribution in [2.75, 3.05) is 6.54 Å². The van der Waals surface area contributed by atoms with Crippen LogP contribution < -0.4 is 5.73 Å². The van der Waals surface area contributed by atoms with E-state index in [1.54, 1.807) is 0 Å². The maximum atomic E-state index is 6.27. The molecule has 0 spiro atoms. The number of nitrogens with zero attached hydrogens (tertiary/aromatic N) is 1. The lowest BCUT2D eigenvalue weighted by molar-refractivity contribution is 0.000767. The monoisotopic (exact) mass is 338 g/mol. The summed E-state index contributed by atoms with van der Waals surface area (Å²) in [5.41, 5.74) is 8.50. The van der Waals surface area contributed by atoms with Crippen LogP contribution in [0.2, 0.25) is 0 Å². The molecule has 3 nitrogen and oxygen atoms in total. The zero-order valence-electron chi connectivity index (χ0n) is 12.4. The third kappa shape index (κ3) is 3.76. The van der Waals surface area contributed by atoms with E-state index in [1.807, 2.05) is 20.8 Å². The number of benzene rings is 1. The Labute approximate surface area is 129 Å². The molecule has 1 aliphatic rings. The van der Waals surface area contributed by atoms with Gasteiger partial charge in [-0.15, -0.1) is 0 Å². The molecule has 0 amide bonds. The minimum absolute atomic E-state index is 0.0746. The van der Waals surface area contributed by atoms with Crippen molar-refractivity contribution in [3.8, 4) is 0 Å². The number of hydrogen-bond donors (Lipinski definition) is 1. The van der Waals surface area contributed by atoms with E-state index in [0.717, 1.165) is 29.9 Å². The number of fused-ring (bicyclic) bond motifs is 1. The number of rotatable bonds is 2. The van der Waals surface area contributed by atoms with Crippen molar-refractivity contribution in [2.45, 2.75) is 45.4 Å². The fraction of sp³-hybridized carbons (Fsp3) is 0.500. The van der Waals surface area contributed by atoms with Gasteiger partial charge in [-0.1, -0.05) is 22.0 Å². The predicted octanol–water partition coefficient (Wildman–Crippen LogP) is 3.94. The fourth-order valence-corrected chi connectivity index (χ4v) is 2.85. The molecule has 1 heterocycles. The molecule has 2 rings (SSSR count). The Hall–Kier alpha value is -1.00. The van der Waals surface area contributed by atoms with Gasteiger partial charge in [-0.2, -0.15) is 0 Å². The Bertz CT molecular complexity index is 508. The van der Waals surface area contributed by atoms with Gasteiger partial charge >= 0.3 is 0 Å². The zero-order valence-corrected chi connectivity index (χ0v) is 14.0. The first-order chi connectivity index (χ1) is 9.26. The Morgan fingerprint density at radius 1 is 1.45 bits per heavy atom. The molecule has 1 aromatic carbocycles. The summed E-state index contributed by atoms with van der Waals surface area (Å²) >= 11 is 3.53. The van der Waals surface area contributed by atoms with E-state index in [4.69, 9.17) is 10.5 Å². The largest absolute Gasteiger partial charge is 0.474 e. The lowest BCUT2D eigenvalue weighted by Crippen LogP contribution is -2.29. The van der Waals surface area contributed by atoms with Crippen molar-refractivity contribution < 1.29 is 4.74 Å². The molecule has 0 fully saturated rings. The number of nitrogens with two attached hydrogens (primary N) is 1. The normalized spacial score (nSPS) is 19.2. The van der Waals surface area contributed by atoms with Gasteiger partial charge in [0, 0.05) is 23.6 Å². The van der Waals surface area contributed by atoms with Crippen LogP contribution >= 0.6 is 15.9 Å². The molecule has 0 radical (unpaired) electrons. The van der Waals surface area contributed by atoms with Gasteiger partial charge in [0.25, 0.3) is 0 Å². The summed E-state index contributed by atoms with van der Waals surface area (Å²) in [6, 6.07) is 6.37. The molecule has 2 N–H and O–H groups in total. The Morgan fingerprint density at radius 2 is 2.15 bits per heavy atom. The van der Waals surface area contributed by atoms with E-state index >= 15 is 0 Å². The smallest absolute Gasteiger partial charge is 0.182 e. The third-order valence-electron chi connectivity index (χ3n) is 3.35. The van der Waals surface area contributed by atoms with Crippen molar-refractivity contribution in [3.05, 3.63) is 46.3 Å². The highest BCUT2D eigenvalue weighted by molar-refractivity contribution is 9.10. The topological polar surface area (TPSA) is 38.5 Å². The van der Waals surface area contributed by atoms with Gasteiger partial charge in [-0.3, -0.25) is 0 Å². The summed E-state index contributed by atoms with van der Waals surface area (Å²) in [7, 11) is 0.